The fraction of sp³-hybridized carbons (Fsp3) is 0.200. The monoisotopic (exact) mass is 415 g/mol. The van der Waals surface area contributed by atoms with Crippen LogP contribution >= 0.6 is 0 Å². The zero-order valence-corrected chi connectivity index (χ0v) is 17.2. The Morgan fingerprint density at radius 3 is 2.39 bits per heavy atom. The molecule has 0 fully saturated rings. The summed E-state index contributed by atoms with van der Waals surface area (Å²) in [6.45, 7) is 2.51. The molecular weight excluding hydrogens is 390 g/mol. The number of ether oxygens (including phenoxy) is 1. The smallest absolute Gasteiger partial charge is 0.318 e. The Balaban J connectivity index is 1.48. The van der Waals surface area contributed by atoms with Crippen LogP contribution in [-0.2, 0) is 37.6 Å². The molecule has 0 saturated carbocycles. The van der Waals surface area contributed by atoms with Crippen molar-refractivity contribution in [2.45, 2.75) is 32.8 Å². The van der Waals surface area contributed by atoms with E-state index in [0.29, 0.717) is 38.4 Å². The summed E-state index contributed by atoms with van der Waals surface area (Å²) in [6.07, 6.45) is 0. The van der Waals surface area contributed by atoms with Gasteiger partial charge in [0.2, 0.25) is 5.91 Å². The molecule has 3 aromatic carbocycles. The molecule has 0 unspecified atom stereocenters. The minimum Gasteiger partial charge on any atom is -0.372 e. The summed E-state index contributed by atoms with van der Waals surface area (Å²) in [5.41, 5.74) is 11.1. The Morgan fingerprint density at radius 2 is 1.58 bits per heavy atom. The van der Waals surface area contributed by atoms with Crippen molar-refractivity contribution in [3.63, 3.8) is 0 Å². The van der Waals surface area contributed by atoms with E-state index in [-0.39, 0.29) is 6.03 Å². The number of carbonyl (C=O) groups excluding carboxylic acids is 2. The number of nitrogens with two attached hydrogens (primary N) is 1. The first kappa shape index (κ1) is 20.6. The van der Waals surface area contributed by atoms with Gasteiger partial charge in [-0.1, -0.05) is 60.7 Å². The summed E-state index contributed by atoms with van der Waals surface area (Å²) in [5, 5.41) is 3.02. The first-order valence-electron chi connectivity index (χ1n) is 10.2. The van der Waals surface area contributed by atoms with Crippen LogP contribution < -0.4 is 11.1 Å². The number of primary amides is 1. The van der Waals surface area contributed by atoms with Crippen molar-refractivity contribution in [3.05, 3.63) is 106 Å². The Hall–Kier alpha value is -3.64. The van der Waals surface area contributed by atoms with Crippen LogP contribution in [0.15, 0.2) is 72.8 Å². The molecule has 4 rings (SSSR count). The third-order valence-electron chi connectivity index (χ3n) is 5.32. The molecule has 6 heteroatoms. The molecule has 0 aliphatic carbocycles. The Labute approximate surface area is 181 Å². The molecule has 0 bridgehead atoms. The summed E-state index contributed by atoms with van der Waals surface area (Å²) in [5.74, 6) is -0.485. The largest absolute Gasteiger partial charge is 0.372 e. The van der Waals surface area contributed by atoms with E-state index in [1.807, 2.05) is 42.5 Å². The van der Waals surface area contributed by atoms with E-state index in [1.54, 1.807) is 23.1 Å². The molecular formula is C25H25N3O3. The highest BCUT2D eigenvalue weighted by Gasteiger charge is 2.16. The lowest BCUT2D eigenvalue weighted by atomic mass is 10.1. The number of urea groups is 1. The lowest BCUT2D eigenvalue weighted by molar-refractivity contribution is 0.1000. The number of hydrogen-bond acceptors (Lipinski definition) is 3. The molecule has 31 heavy (non-hydrogen) atoms. The van der Waals surface area contributed by atoms with Crippen LogP contribution in [-0.4, -0.2) is 16.8 Å². The minimum absolute atomic E-state index is 0.176. The third kappa shape index (κ3) is 5.29. The Morgan fingerprint density at radius 1 is 0.839 bits per heavy atom. The standard InChI is InChI=1S/C25H25N3O3/c26-24(29)21-8-4-7-20(12-21)15-28(14-18-5-2-1-3-6-18)25(30)27-13-19-9-10-22-16-31-17-23(22)11-19/h1-12H,13-17H2,(H2,26,29)(H,27,30). The summed E-state index contributed by atoms with van der Waals surface area (Å²) in [7, 11) is 0. The van der Waals surface area contributed by atoms with E-state index in [1.165, 1.54) is 11.1 Å². The van der Waals surface area contributed by atoms with Crippen molar-refractivity contribution < 1.29 is 14.3 Å². The van der Waals surface area contributed by atoms with Crippen molar-refractivity contribution in [2.75, 3.05) is 0 Å². The molecule has 1 aliphatic rings. The topological polar surface area (TPSA) is 84.7 Å². The van der Waals surface area contributed by atoms with Crippen LogP contribution in [0.4, 0.5) is 4.79 Å². The van der Waals surface area contributed by atoms with Gasteiger partial charge in [-0.15, -0.1) is 0 Å². The molecule has 3 aromatic rings. The number of nitrogens with zero attached hydrogens (tertiary/aromatic N) is 1. The first-order chi connectivity index (χ1) is 15.1. The van der Waals surface area contributed by atoms with Gasteiger partial charge in [0.1, 0.15) is 0 Å². The number of benzene rings is 3. The summed E-state index contributed by atoms with van der Waals surface area (Å²) in [6, 6.07) is 22.9. The number of fused-ring (bicyclic) bond motifs is 1. The highest BCUT2D eigenvalue weighted by atomic mass is 16.5. The summed E-state index contributed by atoms with van der Waals surface area (Å²) >= 11 is 0. The van der Waals surface area contributed by atoms with E-state index < -0.39 is 5.91 Å². The SMILES string of the molecule is NC(=O)c1cccc(CN(Cc2ccccc2)C(=O)NCc2ccc3c(c2)COC3)c1. The normalized spacial score (nSPS) is 12.3. The first-order valence-corrected chi connectivity index (χ1v) is 10.2. The number of carbonyl (C=O) groups is 2. The van der Waals surface area contributed by atoms with Gasteiger partial charge >= 0.3 is 6.03 Å². The van der Waals surface area contributed by atoms with Gasteiger partial charge in [-0.3, -0.25) is 4.79 Å². The van der Waals surface area contributed by atoms with Gasteiger partial charge in [0.25, 0.3) is 0 Å². The van der Waals surface area contributed by atoms with E-state index in [0.717, 1.165) is 16.7 Å². The molecule has 3 amide bonds. The predicted molar refractivity (Wildman–Crippen MR) is 118 cm³/mol. The molecule has 0 aromatic heterocycles. The van der Waals surface area contributed by atoms with Crippen molar-refractivity contribution in [1.82, 2.24) is 10.2 Å². The van der Waals surface area contributed by atoms with Gasteiger partial charge < -0.3 is 20.7 Å². The van der Waals surface area contributed by atoms with E-state index in [9.17, 15) is 9.59 Å². The Kier molecular flexibility index (Phi) is 6.29. The quantitative estimate of drug-likeness (QED) is 0.617. The van der Waals surface area contributed by atoms with Gasteiger partial charge in [-0.25, -0.2) is 4.79 Å². The molecule has 6 nitrogen and oxygen atoms in total. The number of amides is 3. The molecule has 0 atom stereocenters. The minimum atomic E-state index is -0.485. The summed E-state index contributed by atoms with van der Waals surface area (Å²) in [4.78, 5) is 26.3. The van der Waals surface area contributed by atoms with Crippen molar-refractivity contribution in [1.29, 1.82) is 0 Å². The average molecular weight is 415 g/mol. The predicted octanol–water partition coefficient (Wildman–Crippen LogP) is 3.73. The number of nitrogens with one attached hydrogen (secondary N) is 1. The average Bonchev–Trinajstić information content (AvgIpc) is 3.26. The molecule has 0 spiro atoms. The molecule has 1 heterocycles. The van der Waals surface area contributed by atoms with Gasteiger partial charge in [-0.2, -0.15) is 0 Å². The van der Waals surface area contributed by atoms with Crippen molar-refractivity contribution >= 4 is 11.9 Å². The second-order valence-corrected chi connectivity index (χ2v) is 7.66. The summed E-state index contributed by atoms with van der Waals surface area (Å²) < 4.78 is 5.46. The maximum Gasteiger partial charge on any atom is 0.318 e. The second-order valence-electron chi connectivity index (χ2n) is 7.66. The van der Waals surface area contributed by atoms with Gasteiger partial charge in [0.05, 0.1) is 13.2 Å². The van der Waals surface area contributed by atoms with Crippen molar-refractivity contribution in [2.24, 2.45) is 5.73 Å². The molecule has 0 radical (unpaired) electrons. The van der Waals surface area contributed by atoms with Crippen LogP contribution in [0.3, 0.4) is 0 Å². The fourth-order valence-corrected chi connectivity index (χ4v) is 3.67. The zero-order chi connectivity index (χ0) is 21.6. The van der Waals surface area contributed by atoms with Crippen LogP contribution in [0.25, 0.3) is 0 Å². The maximum absolute atomic E-state index is 13.1. The van der Waals surface area contributed by atoms with E-state index in [2.05, 4.69) is 17.4 Å². The number of hydrogen-bond donors (Lipinski definition) is 2. The molecule has 158 valence electrons. The van der Waals surface area contributed by atoms with Gasteiger partial charge in [0.15, 0.2) is 0 Å². The highest BCUT2D eigenvalue weighted by molar-refractivity contribution is 5.92. The third-order valence-corrected chi connectivity index (χ3v) is 5.32. The van der Waals surface area contributed by atoms with Crippen molar-refractivity contribution in [3.8, 4) is 0 Å². The molecule has 0 saturated heterocycles. The van der Waals surface area contributed by atoms with Crippen LogP contribution in [0.2, 0.25) is 0 Å². The fourth-order valence-electron chi connectivity index (χ4n) is 3.67. The second kappa shape index (κ2) is 9.45. The highest BCUT2D eigenvalue weighted by Crippen LogP contribution is 2.21. The van der Waals surface area contributed by atoms with Gasteiger partial charge in [0, 0.05) is 25.2 Å². The van der Waals surface area contributed by atoms with Crippen LogP contribution in [0.5, 0.6) is 0 Å². The zero-order valence-electron chi connectivity index (χ0n) is 17.2. The van der Waals surface area contributed by atoms with Gasteiger partial charge in [-0.05, 0) is 39.9 Å². The molecule has 3 N–H and O–H groups in total. The lowest BCUT2D eigenvalue weighted by Gasteiger charge is -2.24. The number of rotatable bonds is 7. The lowest BCUT2D eigenvalue weighted by Crippen LogP contribution is -2.38. The van der Waals surface area contributed by atoms with E-state index in [4.69, 9.17) is 10.5 Å². The molecule has 1 aliphatic heterocycles. The van der Waals surface area contributed by atoms with Crippen LogP contribution in [0, 0.1) is 0 Å². The maximum atomic E-state index is 13.1. The van der Waals surface area contributed by atoms with Crippen LogP contribution in [0.1, 0.15) is 38.2 Å². The van der Waals surface area contributed by atoms with E-state index >= 15 is 0 Å². The Bertz CT molecular complexity index is 1080.